The zero-order valence-electron chi connectivity index (χ0n) is 12.2. The standard InChI is InChI=1S/C17H24N2/c1-4-13(2)11-19(3)12-16-9-14-7-5-6-8-15(14)10-17(16)18/h5-10,13H,4,11-12,18H2,1-3H3. The highest BCUT2D eigenvalue weighted by Crippen LogP contribution is 2.23. The van der Waals surface area contributed by atoms with Crippen LogP contribution in [-0.4, -0.2) is 18.5 Å². The van der Waals surface area contributed by atoms with E-state index in [1.165, 1.54) is 22.8 Å². The predicted octanol–water partition coefficient (Wildman–Crippen LogP) is 3.90. The molecular formula is C17H24N2. The molecule has 0 aliphatic heterocycles. The Hall–Kier alpha value is -1.54. The monoisotopic (exact) mass is 256 g/mol. The van der Waals surface area contributed by atoms with Gasteiger partial charge >= 0.3 is 0 Å². The number of rotatable bonds is 5. The highest BCUT2D eigenvalue weighted by molar-refractivity contribution is 5.86. The van der Waals surface area contributed by atoms with Gasteiger partial charge in [0.1, 0.15) is 0 Å². The second-order valence-electron chi connectivity index (χ2n) is 5.61. The number of hydrogen-bond acceptors (Lipinski definition) is 2. The minimum atomic E-state index is 0.728. The van der Waals surface area contributed by atoms with E-state index in [2.05, 4.69) is 62.2 Å². The SMILES string of the molecule is CCC(C)CN(C)Cc1cc2ccccc2cc1N. The number of nitrogens with zero attached hydrogens (tertiary/aromatic N) is 1. The van der Waals surface area contributed by atoms with Crippen LogP contribution in [-0.2, 0) is 6.54 Å². The molecule has 0 saturated carbocycles. The Labute approximate surface area is 116 Å². The first kappa shape index (κ1) is 13.9. The van der Waals surface area contributed by atoms with Crippen molar-refractivity contribution in [2.75, 3.05) is 19.3 Å². The third-order valence-electron chi connectivity index (χ3n) is 3.77. The largest absolute Gasteiger partial charge is 0.398 e. The van der Waals surface area contributed by atoms with Gasteiger partial charge < -0.3 is 10.6 Å². The predicted molar refractivity (Wildman–Crippen MR) is 84.1 cm³/mol. The van der Waals surface area contributed by atoms with Crippen molar-refractivity contribution in [3.8, 4) is 0 Å². The van der Waals surface area contributed by atoms with Crippen LogP contribution in [0.5, 0.6) is 0 Å². The molecule has 0 aliphatic carbocycles. The van der Waals surface area contributed by atoms with E-state index >= 15 is 0 Å². The van der Waals surface area contributed by atoms with Gasteiger partial charge in [0, 0.05) is 18.8 Å². The fraction of sp³-hybridized carbons (Fsp3) is 0.412. The Kier molecular flexibility index (Phi) is 4.43. The average Bonchev–Trinajstić information content (AvgIpc) is 2.39. The molecule has 0 spiro atoms. The Balaban J connectivity index is 2.18. The molecule has 2 nitrogen and oxygen atoms in total. The highest BCUT2D eigenvalue weighted by Gasteiger charge is 2.08. The van der Waals surface area contributed by atoms with Crippen molar-refractivity contribution in [3.63, 3.8) is 0 Å². The van der Waals surface area contributed by atoms with Crippen LogP contribution >= 0.6 is 0 Å². The van der Waals surface area contributed by atoms with Crippen molar-refractivity contribution in [1.29, 1.82) is 0 Å². The average molecular weight is 256 g/mol. The van der Waals surface area contributed by atoms with Crippen LogP contribution in [0.15, 0.2) is 36.4 Å². The third kappa shape index (κ3) is 3.48. The molecule has 0 heterocycles. The maximum atomic E-state index is 6.17. The van der Waals surface area contributed by atoms with E-state index in [1.54, 1.807) is 0 Å². The van der Waals surface area contributed by atoms with Gasteiger partial charge in [-0.05, 0) is 41.4 Å². The first-order chi connectivity index (χ1) is 9.10. The number of benzene rings is 2. The van der Waals surface area contributed by atoms with Crippen molar-refractivity contribution in [2.45, 2.75) is 26.8 Å². The van der Waals surface area contributed by atoms with E-state index in [9.17, 15) is 0 Å². The summed E-state index contributed by atoms with van der Waals surface area (Å²) in [6.45, 7) is 6.56. The maximum absolute atomic E-state index is 6.17. The van der Waals surface area contributed by atoms with Gasteiger partial charge in [-0.2, -0.15) is 0 Å². The summed E-state index contributed by atoms with van der Waals surface area (Å²) in [5.41, 5.74) is 8.30. The lowest BCUT2D eigenvalue weighted by Gasteiger charge is -2.21. The Bertz CT molecular complexity index is 548. The van der Waals surface area contributed by atoms with E-state index in [1.807, 2.05) is 0 Å². The Morgan fingerprint density at radius 1 is 1.16 bits per heavy atom. The topological polar surface area (TPSA) is 29.3 Å². The molecule has 0 bridgehead atoms. The van der Waals surface area contributed by atoms with Crippen molar-refractivity contribution in [3.05, 3.63) is 42.0 Å². The number of hydrogen-bond donors (Lipinski definition) is 1. The minimum Gasteiger partial charge on any atom is -0.398 e. The first-order valence-electron chi connectivity index (χ1n) is 7.05. The van der Waals surface area contributed by atoms with Crippen molar-refractivity contribution in [2.24, 2.45) is 5.92 Å². The third-order valence-corrected chi connectivity index (χ3v) is 3.77. The lowest BCUT2D eigenvalue weighted by molar-refractivity contribution is 0.276. The van der Waals surface area contributed by atoms with E-state index in [0.717, 1.165) is 24.7 Å². The fourth-order valence-corrected chi connectivity index (χ4v) is 2.46. The molecule has 2 aromatic rings. The molecular weight excluding hydrogens is 232 g/mol. The van der Waals surface area contributed by atoms with E-state index < -0.39 is 0 Å². The summed E-state index contributed by atoms with van der Waals surface area (Å²) in [4.78, 5) is 2.36. The summed E-state index contributed by atoms with van der Waals surface area (Å²) in [7, 11) is 2.17. The fourth-order valence-electron chi connectivity index (χ4n) is 2.46. The number of nitrogen functional groups attached to an aromatic ring is 1. The van der Waals surface area contributed by atoms with Crippen LogP contribution in [0.3, 0.4) is 0 Å². The number of nitrogens with two attached hydrogens (primary N) is 1. The van der Waals surface area contributed by atoms with Crippen LogP contribution in [0.2, 0.25) is 0 Å². The van der Waals surface area contributed by atoms with Gasteiger partial charge in [-0.25, -0.2) is 0 Å². The molecule has 2 aromatic carbocycles. The van der Waals surface area contributed by atoms with Gasteiger partial charge in [-0.1, -0.05) is 44.5 Å². The molecule has 0 radical (unpaired) electrons. The smallest absolute Gasteiger partial charge is 0.0366 e. The molecule has 1 atom stereocenters. The van der Waals surface area contributed by atoms with Crippen LogP contribution in [0.25, 0.3) is 10.8 Å². The summed E-state index contributed by atoms with van der Waals surface area (Å²) in [6, 6.07) is 12.7. The molecule has 0 saturated heterocycles. The van der Waals surface area contributed by atoms with Crippen LogP contribution in [0.4, 0.5) is 5.69 Å². The summed E-state index contributed by atoms with van der Waals surface area (Å²) in [5, 5.41) is 2.48. The van der Waals surface area contributed by atoms with E-state index in [-0.39, 0.29) is 0 Å². The molecule has 1 unspecified atom stereocenters. The number of anilines is 1. The van der Waals surface area contributed by atoms with Gasteiger partial charge in [0.05, 0.1) is 0 Å². The molecule has 0 aliphatic rings. The van der Waals surface area contributed by atoms with Crippen molar-refractivity contribution < 1.29 is 0 Å². The highest BCUT2D eigenvalue weighted by atomic mass is 15.1. The molecule has 0 amide bonds. The zero-order chi connectivity index (χ0) is 13.8. The molecule has 2 N–H and O–H groups in total. The molecule has 102 valence electrons. The normalized spacial score (nSPS) is 13.1. The zero-order valence-corrected chi connectivity index (χ0v) is 12.2. The minimum absolute atomic E-state index is 0.728. The lowest BCUT2D eigenvalue weighted by atomic mass is 10.0. The van der Waals surface area contributed by atoms with Gasteiger partial charge in [0.2, 0.25) is 0 Å². The first-order valence-corrected chi connectivity index (χ1v) is 7.05. The van der Waals surface area contributed by atoms with Crippen LogP contribution in [0, 0.1) is 5.92 Å². The summed E-state index contributed by atoms with van der Waals surface area (Å²) < 4.78 is 0. The van der Waals surface area contributed by atoms with Gasteiger partial charge in [0.15, 0.2) is 0 Å². The van der Waals surface area contributed by atoms with E-state index in [4.69, 9.17) is 5.73 Å². The van der Waals surface area contributed by atoms with E-state index in [0.29, 0.717) is 0 Å². The lowest BCUT2D eigenvalue weighted by Crippen LogP contribution is -2.24. The number of fused-ring (bicyclic) bond motifs is 1. The summed E-state index contributed by atoms with van der Waals surface area (Å²) in [5.74, 6) is 0.728. The molecule has 2 rings (SSSR count). The van der Waals surface area contributed by atoms with Gasteiger partial charge in [-0.15, -0.1) is 0 Å². The summed E-state index contributed by atoms with van der Waals surface area (Å²) >= 11 is 0. The quantitative estimate of drug-likeness (QED) is 0.822. The van der Waals surface area contributed by atoms with Gasteiger partial charge in [0.25, 0.3) is 0 Å². The maximum Gasteiger partial charge on any atom is 0.0366 e. The molecule has 19 heavy (non-hydrogen) atoms. The Morgan fingerprint density at radius 3 is 2.42 bits per heavy atom. The van der Waals surface area contributed by atoms with Crippen LogP contribution < -0.4 is 5.73 Å². The summed E-state index contributed by atoms with van der Waals surface area (Å²) in [6.07, 6.45) is 1.22. The molecule has 0 aromatic heterocycles. The van der Waals surface area contributed by atoms with Crippen molar-refractivity contribution >= 4 is 16.5 Å². The second kappa shape index (κ2) is 6.07. The Morgan fingerprint density at radius 2 is 1.79 bits per heavy atom. The molecule has 2 heteroatoms. The van der Waals surface area contributed by atoms with Crippen molar-refractivity contribution in [1.82, 2.24) is 4.90 Å². The molecule has 0 fully saturated rings. The van der Waals surface area contributed by atoms with Gasteiger partial charge in [-0.3, -0.25) is 0 Å². The van der Waals surface area contributed by atoms with Crippen LogP contribution in [0.1, 0.15) is 25.8 Å². The second-order valence-corrected chi connectivity index (χ2v) is 5.61.